The summed E-state index contributed by atoms with van der Waals surface area (Å²) in [5.41, 5.74) is 1.81. The normalized spacial score (nSPS) is 31.5. The summed E-state index contributed by atoms with van der Waals surface area (Å²) in [7, 11) is 0. The molecule has 0 bridgehead atoms. The highest BCUT2D eigenvalue weighted by Crippen LogP contribution is 2.32. The van der Waals surface area contributed by atoms with Crippen LogP contribution in [0, 0.1) is 24.2 Å². The number of thiazole rings is 1. The molecule has 6 nitrogen and oxygen atoms in total. The van der Waals surface area contributed by atoms with Crippen LogP contribution in [0.4, 0.5) is 0 Å². The summed E-state index contributed by atoms with van der Waals surface area (Å²) in [4.78, 5) is 30.6. The zero-order chi connectivity index (χ0) is 26.3. The maximum atomic E-state index is 13.2. The van der Waals surface area contributed by atoms with Gasteiger partial charge in [-0.1, -0.05) is 46.3 Å². The van der Waals surface area contributed by atoms with Crippen LogP contribution in [-0.4, -0.2) is 45.3 Å². The van der Waals surface area contributed by atoms with Gasteiger partial charge < -0.3 is 14.9 Å². The van der Waals surface area contributed by atoms with Gasteiger partial charge in [-0.3, -0.25) is 9.59 Å². The molecule has 1 aromatic heterocycles. The van der Waals surface area contributed by atoms with Gasteiger partial charge in [-0.25, -0.2) is 4.98 Å². The molecule has 196 valence electrons. The Kier molecular flexibility index (Phi) is 10.9. The predicted molar refractivity (Wildman–Crippen MR) is 141 cm³/mol. The molecule has 2 heterocycles. The summed E-state index contributed by atoms with van der Waals surface area (Å²) in [6.45, 7) is 12.9. The third kappa shape index (κ3) is 8.09. The second kappa shape index (κ2) is 12.9. The Morgan fingerprint density at radius 3 is 2.57 bits per heavy atom. The number of hydrogen-bond acceptors (Lipinski definition) is 7. The van der Waals surface area contributed by atoms with E-state index in [1.54, 1.807) is 32.1 Å². The van der Waals surface area contributed by atoms with E-state index in [2.05, 4.69) is 18.0 Å². The minimum atomic E-state index is -1.21. The van der Waals surface area contributed by atoms with Gasteiger partial charge in [0, 0.05) is 17.7 Å². The largest absolute Gasteiger partial charge is 0.457 e. The maximum absolute atomic E-state index is 13.2. The lowest BCUT2D eigenvalue weighted by Gasteiger charge is -2.34. The second-order valence-corrected chi connectivity index (χ2v) is 11.6. The molecule has 5 atom stereocenters. The number of carbonyl (C=O) groups is 2. The molecular weight excluding hydrogens is 462 g/mol. The average Bonchev–Trinajstić information content (AvgIpc) is 3.21. The van der Waals surface area contributed by atoms with E-state index in [0.717, 1.165) is 42.0 Å². The number of aliphatic hydroxyl groups excluding tert-OH is 2. The SMILES string of the molecule is CC/C1=C/C[C@@H](/C(C)=C/c2csc(C)n2)OC(=O)C[C@H](O)C(C)(C)C(=O)[C@H](C)[C@@H](O)[C@@H](C)CCC1. The Balaban J connectivity index is 2.37. The van der Waals surface area contributed by atoms with Crippen molar-refractivity contribution in [3.63, 3.8) is 0 Å². The van der Waals surface area contributed by atoms with E-state index < -0.39 is 35.6 Å². The number of Topliss-reactive ketones (excluding diaryl/α,β-unsaturated/α-hetero) is 1. The van der Waals surface area contributed by atoms with Gasteiger partial charge in [0.25, 0.3) is 0 Å². The predicted octanol–water partition coefficient (Wildman–Crippen LogP) is 5.66. The van der Waals surface area contributed by atoms with Crippen molar-refractivity contribution in [1.82, 2.24) is 4.98 Å². The van der Waals surface area contributed by atoms with Crippen molar-refractivity contribution in [3.8, 4) is 0 Å². The zero-order valence-corrected chi connectivity index (χ0v) is 23.2. The number of aliphatic hydroxyl groups is 2. The fourth-order valence-electron chi connectivity index (χ4n) is 4.64. The van der Waals surface area contributed by atoms with Gasteiger partial charge in [0.2, 0.25) is 0 Å². The lowest BCUT2D eigenvalue weighted by atomic mass is 9.73. The Labute approximate surface area is 214 Å². The summed E-state index contributed by atoms with van der Waals surface area (Å²) in [5, 5.41) is 24.6. The van der Waals surface area contributed by atoms with Crippen molar-refractivity contribution in [2.75, 3.05) is 0 Å². The first-order valence-electron chi connectivity index (χ1n) is 12.7. The van der Waals surface area contributed by atoms with Gasteiger partial charge in [0.1, 0.15) is 11.9 Å². The van der Waals surface area contributed by atoms with Crippen molar-refractivity contribution in [2.45, 2.75) is 105 Å². The van der Waals surface area contributed by atoms with Crippen LogP contribution in [0.1, 0.15) is 90.8 Å². The summed E-state index contributed by atoms with van der Waals surface area (Å²) < 4.78 is 5.85. The van der Waals surface area contributed by atoms with Crippen molar-refractivity contribution in [3.05, 3.63) is 33.3 Å². The van der Waals surface area contributed by atoms with Crippen LogP contribution in [0.5, 0.6) is 0 Å². The smallest absolute Gasteiger partial charge is 0.309 e. The van der Waals surface area contributed by atoms with E-state index in [1.165, 1.54) is 5.57 Å². The van der Waals surface area contributed by atoms with Gasteiger partial charge >= 0.3 is 5.97 Å². The minimum Gasteiger partial charge on any atom is -0.457 e. The van der Waals surface area contributed by atoms with Crippen LogP contribution in [-0.2, 0) is 14.3 Å². The van der Waals surface area contributed by atoms with E-state index in [4.69, 9.17) is 4.74 Å². The molecule has 0 amide bonds. The van der Waals surface area contributed by atoms with Gasteiger partial charge in [0.15, 0.2) is 0 Å². The topological polar surface area (TPSA) is 96.7 Å². The quantitative estimate of drug-likeness (QED) is 0.407. The van der Waals surface area contributed by atoms with Gasteiger partial charge in [-0.2, -0.15) is 0 Å². The number of nitrogens with zero attached hydrogens (tertiary/aromatic N) is 1. The Morgan fingerprint density at radius 1 is 1.29 bits per heavy atom. The first-order valence-corrected chi connectivity index (χ1v) is 13.6. The van der Waals surface area contributed by atoms with Crippen LogP contribution >= 0.6 is 11.3 Å². The molecule has 1 aliphatic rings. The molecule has 0 unspecified atom stereocenters. The molecule has 0 saturated carbocycles. The molecule has 0 radical (unpaired) electrons. The van der Waals surface area contributed by atoms with Crippen LogP contribution < -0.4 is 0 Å². The van der Waals surface area contributed by atoms with Gasteiger partial charge in [0.05, 0.1) is 34.7 Å². The van der Waals surface area contributed by atoms with E-state index >= 15 is 0 Å². The first kappa shape index (κ1) is 29.4. The lowest BCUT2D eigenvalue weighted by molar-refractivity contribution is -0.154. The molecule has 0 spiro atoms. The Bertz CT molecular complexity index is 932. The number of hydrogen-bond donors (Lipinski definition) is 2. The summed E-state index contributed by atoms with van der Waals surface area (Å²) in [6.07, 6.45) is 5.35. The number of rotatable bonds is 3. The standard InChI is InChI=1S/C28H43NO5S/c1-8-21-11-9-10-17(2)26(32)19(4)27(33)28(6,7)24(30)15-25(31)34-23(13-12-21)18(3)14-22-16-35-20(5)29-22/h12,14,16-17,19,23-24,26,30,32H,8-11,13,15H2,1-7H3/b18-14+,21-12-/t17-,19+,23-,24-,26-/m0/s1. The van der Waals surface area contributed by atoms with Crippen LogP contribution in [0.3, 0.4) is 0 Å². The van der Waals surface area contributed by atoms with E-state index in [1.807, 2.05) is 32.2 Å². The number of aromatic nitrogens is 1. The van der Waals surface area contributed by atoms with E-state index in [0.29, 0.717) is 6.42 Å². The number of carbonyl (C=O) groups excluding carboxylic acids is 2. The van der Waals surface area contributed by atoms with Crippen molar-refractivity contribution in [2.24, 2.45) is 17.3 Å². The third-order valence-corrected chi connectivity index (χ3v) is 8.15. The number of aryl methyl sites for hydroxylation is 1. The van der Waals surface area contributed by atoms with Crippen LogP contribution in [0.2, 0.25) is 0 Å². The molecule has 0 aliphatic carbocycles. The molecular formula is C28H43NO5S. The monoisotopic (exact) mass is 505 g/mol. The highest BCUT2D eigenvalue weighted by molar-refractivity contribution is 7.09. The highest BCUT2D eigenvalue weighted by atomic mass is 32.1. The number of esters is 1. The summed E-state index contributed by atoms with van der Waals surface area (Å²) >= 11 is 1.57. The van der Waals surface area contributed by atoms with Crippen molar-refractivity contribution >= 4 is 29.2 Å². The Morgan fingerprint density at radius 2 is 1.97 bits per heavy atom. The number of cyclic esters (lactones) is 1. The molecule has 2 N–H and O–H groups in total. The number of allylic oxidation sites excluding steroid dienone is 1. The Hall–Kier alpha value is -1.83. The molecule has 7 heteroatoms. The zero-order valence-electron chi connectivity index (χ0n) is 22.3. The second-order valence-electron chi connectivity index (χ2n) is 10.6. The van der Waals surface area contributed by atoms with Gasteiger partial charge in [-0.15, -0.1) is 11.3 Å². The van der Waals surface area contributed by atoms with Crippen LogP contribution in [0.15, 0.2) is 22.6 Å². The molecule has 35 heavy (non-hydrogen) atoms. The maximum Gasteiger partial charge on any atom is 0.309 e. The third-order valence-electron chi connectivity index (χ3n) is 7.36. The first-order chi connectivity index (χ1) is 16.4. The molecule has 0 fully saturated rings. The van der Waals surface area contributed by atoms with E-state index in [-0.39, 0.29) is 18.1 Å². The lowest BCUT2D eigenvalue weighted by Crippen LogP contribution is -2.45. The minimum absolute atomic E-state index is 0.0441. The molecule has 1 aromatic rings. The molecule has 2 rings (SSSR count). The molecule has 0 saturated heterocycles. The number of ether oxygens (including phenoxy) is 1. The summed E-state index contributed by atoms with van der Waals surface area (Å²) in [6, 6.07) is 0. The van der Waals surface area contributed by atoms with Gasteiger partial charge in [-0.05, 0) is 57.1 Å². The van der Waals surface area contributed by atoms with E-state index in [9.17, 15) is 19.8 Å². The highest BCUT2D eigenvalue weighted by Gasteiger charge is 2.42. The summed E-state index contributed by atoms with van der Waals surface area (Å²) in [5.74, 6) is -1.48. The van der Waals surface area contributed by atoms with Crippen LogP contribution in [0.25, 0.3) is 6.08 Å². The molecule has 0 aromatic carbocycles. The van der Waals surface area contributed by atoms with Crippen molar-refractivity contribution in [1.29, 1.82) is 0 Å². The molecule has 1 aliphatic heterocycles. The fraction of sp³-hybridized carbons (Fsp3) is 0.679. The van der Waals surface area contributed by atoms with Crippen molar-refractivity contribution < 1.29 is 24.5 Å². The number of ketones is 1. The fourth-order valence-corrected chi connectivity index (χ4v) is 5.21. The average molecular weight is 506 g/mol.